The second-order valence-electron chi connectivity index (χ2n) is 5.78. The lowest BCUT2D eigenvalue weighted by Gasteiger charge is -2.09. The molecule has 0 atom stereocenters. The molecule has 0 aliphatic carbocycles. The molecule has 5 nitrogen and oxygen atoms in total. The molecule has 0 aliphatic rings. The van der Waals surface area contributed by atoms with Gasteiger partial charge < -0.3 is 9.47 Å². The van der Waals surface area contributed by atoms with Crippen LogP contribution in [-0.2, 0) is 0 Å². The molecule has 140 valence electrons. The maximum Gasteiger partial charge on any atom is 0.275 e. The van der Waals surface area contributed by atoms with Crippen molar-refractivity contribution in [1.29, 1.82) is 0 Å². The highest BCUT2D eigenvalue weighted by atomic mass is 79.9. The van der Waals surface area contributed by atoms with Crippen molar-refractivity contribution < 1.29 is 14.3 Å². The third kappa shape index (κ3) is 4.51. The van der Waals surface area contributed by atoms with Gasteiger partial charge in [0, 0.05) is 0 Å². The smallest absolute Gasteiger partial charge is 0.275 e. The van der Waals surface area contributed by atoms with Crippen LogP contribution in [0.2, 0.25) is 0 Å². The first kappa shape index (κ1) is 19.5. The van der Waals surface area contributed by atoms with Gasteiger partial charge in [-0.3, -0.25) is 4.79 Å². The Balaban J connectivity index is 1.74. The average molecular weight is 437 g/mol. The van der Waals surface area contributed by atoms with Gasteiger partial charge >= 0.3 is 0 Å². The van der Waals surface area contributed by atoms with Crippen molar-refractivity contribution in [3.8, 4) is 23.8 Å². The quantitative estimate of drug-likeness (QED) is 0.354. The van der Waals surface area contributed by atoms with Gasteiger partial charge in [-0.2, -0.15) is 5.10 Å². The summed E-state index contributed by atoms with van der Waals surface area (Å²) in [6.45, 7) is 0.190. The molecule has 0 radical (unpaired) electrons. The highest BCUT2D eigenvalue weighted by Gasteiger charge is 2.13. The van der Waals surface area contributed by atoms with Crippen molar-refractivity contribution in [2.24, 2.45) is 5.10 Å². The summed E-state index contributed by atoms with van der Waals surface area (Å²) >= 11 is 3.42. The summed E-state index contributed by atoms with van der Waals surface area (Å²) in [6.07, 6.45) is 6.73. The molecular weight excluding hydrogens is 420 g/mol. The summed E-state index contributed by atoms with van der Waals surface area (Å²) in [5.41, 5.74) is 3.73. The molecule has 0 aromatic heterocycles. The summed E-state index contributed by atoms with van der Waals surface area (Å²) in [4.78, 5) is 12.5. The first-order valence-electron chi connectivity index (χ1n) is 8.38. The standard InChI is InChI=1S/C22H17BrN2O3/c1-3-10-28-20-9-8-15(11-19(20)23)14-24-25-22(26)18-12-16-6-4-5-7-17(16)13-21(18)27-2/h1,4-9,11-14H,10H2,2H3,(H,25,26)/b24-14+. The minimum absolute atomic E-state index is 0.190. The van der Waals surface area contributed by atoms with E-state index >= 15 is 0 Å². The van der Waals surface area contributed by atoms with Gasteiger partial charge in [-0.1, -0.05) is 30.2 Å². The second-order valence-corrected chi connectivity index (χ2v) is 6.64. The summed E-state index contributed by atoms with van der Waals surface area (Å²) in [5, 5.41) is 5.98. The Labute approximate surface area is 171 Å². The van der Waals surface area contributed by atoms with Crippen molar-refractivity contribution in [2.75, 3.05) is 13.7 Å². The molecule has 3 aromatic rings. The molecule has 0 heterocycles. The number of methoxy groups -OCH3 is 1. The number of fused-ring (bicyclic) bond motifs is 1. The van der Waals surface area contributed by atoms with Gasteiger partial charge in [-0.15, -0.1) is 6.42 Å². The molecule has 3 aromatic carbocycles. The molecule has 0 saturated carbocycles. The molecule has 28 heavy (non-hydrogen) atoms. The number of hydrazone groups is 1. The first-order valence-corrected chi connectivity index (χ1v) is 9.17. The number of terminal acetylenes is 1. The van der Waals surface area contributed by atoms with Crippen LogP contribution >= 0.6 is 15.9 Å². The Morgan fingerprint density at radius 3 is 2.61 bits per heavy atom. The largest absolute Gasteiger partial charge is 0.496 e. The molecular formula is C22H17BrN2O3. The van der Waals surface area contributed by atoms with Crippen LogP contribution in [0.15, 0.2) is 64.2 Å². The SMILES string of the molecule is C#CCOc1ccc(/C=N/NC(=O)c2cc3ccccc3cc2OC)cc1Br. The normalized spacial score (nSPS) is 10.6. The number of hydrogen-bond donors (Lipinski definition) is 1. The zero-order valence-electron chi connectivity index (χ0n) is 15.1. The predicted octanol–water partition coefficient (Wildman–Crippen LogP) is 4.39. The molecule has 1 N–H and O–H groups in total. The lowest BCUT2D eigenvalue weighted by Crippen LogP contribution is -2.18. The van der Waals surface area contributed by atoms with Crippen LogP contribution in [0.1, 0.15) is 15.9 Å². The predicted molar refractivity (Wildman–Crippen MR) is 114 cm³/mol. The Morgan fingerprint density at radius 1 is 1.18 bits per heavy atom. The number of hydrogen-bond acceptors (Lipinski definition) is 4. The van der Waals surface area contributed by atoms with E-state index in [4.69, 9.17) is 15.9 Å². The minimum Gasteiger partial charge on any atom is -0.496 e. The number of carbonyl (C=O) groups excluding carboxylic acids is 1. The van der Waals surface area contributed by atoms with Gasteiger partial charge in [0.2, 0.25) is 0 Å². The van der Waals surface area contributed by atoms with E-state index in [1.807, 2.05) is 42.5 Å². The molecule has 0 spiro atoms. The summed E-state index contributed by atoms with van der Waals surface area (Å²) in [7, 11) is 1.53. The van der Waals surface area contributed by atoms with Gasteiger partial charge in [0.1, 0.15) is 18.1 Å². The van der Waals surface area contributed by atoms with Crippen molar-refractivity contribution >= 4 is 38.8 Å². The third-order valence-electron chi connectivity index (χ3n) is 3.96. The lowest BCUT2D eigenvalue weighted by molar-refractivity contribution is 0.0952. The molecule has 0 fully saturated rings. The van der Waals surface area contributed by atoms with Crippen molar-refractivity contribution in [1.82, 2.24) is 5.43 Å². The molecule has 1 amide bonds. The molecule has 0 saturated heterocycles. The molecule has 3 rings (SSSR count). The highest BCUT2D eigenvalue weighted by molar-refractivity contribution is 9.10. The molecule has 0 bridgehead atoms. The third-order valence-corrected chi connectivity index (χ3v) is 4.58. The van der Waals surface area contributed by atoms with E-state index in [-0.39, 0.29) is 12.5 Å². The maximum absolute atomic E-state index is 12.5. The van der Waals surface area contributed by atoms with E-state index < -0.39 is 0 Å². The average Bonchev–Trinajstić information content (AvgIpc) is 2.72. The van der Waals surface area contributed by atoms with Crippen molar-refractivity contribution in [3.05, 3.63) is 70.2 Å². The van der Waals surface area contributed by atoms with Gasteiger partial charge in [0.25, 0.3) is 5.91 Å². The summed E-state index contributed by atoms with van der Waals surface area (Å²) < 4.78 is 11.5. The van der Waals surface area contributed by atoms with E-state index in [1.54, 1.807) is 18.3 Å². The van der Waals surface area contributed by atoms with Gasteiger partial charge in [0.15, 0.2) is 0 Å². The van der Waals surface area contributed by atoms with Gasteiger partial charge in [-0.05, 0) is 62.6 Å². The zero-order chi connectivity index (χ0) is 19.9. The first-order chi connectivity index (χ1) is 13.6. The Hall–Kier alpha value is -3.30. The van der Waals surface area contributed by atoms with Gasteiger partial charge in [-0.25, -0.2) is 5.43 Å². The minimum atomic E-state index is -0.355. The lowest BCUT2D eigenvalue weighted by atomic mass is 10.1. The Bertz CT molecular complexity index is 1090. The number of rotatable bonds is 6. The van der Waals surface area contributed by atoms with E-state index in [1.165, 1.54) is 7.11 Å². The summed E-state index contributed by atoms with van der Waals surface area (Å²) in [5.74, 6) is 3.19. The van der Waals surface area contributed by atoms with Gasteiger partial charge in [0.05, 0.1) is 23.4 Å². The fourth-order valence-corrected chi connectivity index (χ4v) is 3.14. The van der Waals surface area contributed by atoms with Crippen LogP contribution in [0.5, 0.6) is 11.5 Å². The van der Waals surface area contributed by atoms with Crippen LogP contribution in [0.25, 0.3) is 10.8 Å². The maximum atomic E-state index is 12.5. The number of nitrogens with zero attached hydrogens (tertiary/aromatic N) is 1. The molecule has 6 heteroatoms. The number of carbonyl (C=O) groups is 1. The van der Waals surface area contributed by atoms with E-state index in [0.29, 0.717) is 17.1 Å². The number of amides is 1. The van der Waals surface area contributed by atoms with E-state index in [2.05, 4.69) is 32.4 Å². The fraction of sp³-hybridized carbons (Fsp3) is 0.0909. The number of ether oxygens (including phenoxy) is 2. The summed E-state index contributed by atoms with van der Waals surface area (Å²) in [6, 6.07) is 16.8. The number of halogens is 1. The van der Waals surface area contributed by atoms with E-state index in [9.17, 15) is 4.79 Å². The van der Waals surface area contributed by atoms with Crippen LogP contribution in [-0.4, -0.2) is 25.8 Å². The van der Waals surface area contributed by atoms with Crippen LogP contribution in [0, 0.1) is 12.3 Å². The molecule has 0 unspecified atom stereocenters. The topological polar surface area (TPSA) is 59.9 Å². The van der Waals surface area contributed by atoms with E-state index in [0.717, 1.165) is 20.8 Å². The number of nitrogens with one attached hydrogen (secondary N) is 1. The number of benzene rings is 3. The Morgan fingerprint density at radius 2 is 1.93 bits per heavy atom. The van der Waals surface area contributed by atoms with Crippen LogP contribution in [0.3, 0.4) is 0 Å². The highest BCUT2D eigenvalue weighted by Crippen LogP contribution is 2.26. The zero-order valence-corrected chi connectivity index (χ0v) is 16.7. The fourth-order valence-electron chi connectivity index (χ4n) is 2.63. The Kier molecular flexibility index (Phi) is 6.30. The second kappa shape index (κ2) is 9.07. The van der Waals surface area contributed by atoms with Crippen LogP contribution < -0.4 is 14.9 Å². The molecule has 0 aliphatic heterocycles. The van der Waals surface area contributed by atoms with Crippen molar-refractivity contribution in [3.63, 3.8) is 0 Å². The van der Waals surface area contributed by atoms with Crippen LogP contribution in [0.4, 0.5) is 0 Å². The monoisotopic (exact) mass is 436 g/mol. The van der Waals surface area contributed by atoms with Crippen molar-refractivity contribution in [2.45, 2.75) is 0 Å².